The predicted molar refractivity (Wildman–Crippen MR) is 82.4 cm³/mol. The number of carbonyl (C=O) groups excluding carboxylic acids is 1. The van der Waals surface area contributed by atoms with Gasteiger partial charge >= 0.3 is 0 Å². The summed E-state index contributed by atoms with van der Waals surface area (Å²) in [6.07, 6.45) is 10.3. The number of rotatable bonds is 3. The maximum atomic E-state index is 12.7. The average Bonchev–Trinajstić information content (AvgIpc) is 2.93. The zero-order valence-electron chi connectivity index (χ0n) is 13.1. The van der Waals surface area contributed by atoms with Crippen LogP contribution in [0.25, 0.3) is 0 Å². The van der Waals surface area contributed by atoms with Crippen molar-refractivity contribution in [3.8, 4) is 0 Å². The van der Waals surface area contributed by atoms with E-state index in [0.29, 0.717) is 5.69 Å². The molecule has 3 rings (SSSR count). The number of nitrogens with zero attached hydrogens (tertiary/aromatic N) is 5. The van der Waals surface area contributed by atoms with Crippen molar-refractivity contribution >= 4 is 5.91 Å². The third kappa shape index (κ3) is 3.16. The molecule has 2 aromatic rings. The molecule has 0 aromatic carbocycles. The fourth-order valence-corrected chi connectivity index (χ4v) is 2.89. The van der Waals surface area contributed by atoms with E-state index in [0.717, 1.165) is 43.6 Å². The van der Waals surface area contributed by atoms with E-state index in [1.807, 2.05) is 35.8 Å². The zero-order chi connectivity index (χ0) is 15.5. The fourth-order valence-electron chi connectivity index (χ4n) is 2.89. The molecule has 0 N–H and O–H groups in total. The molecule has 1 saturated heterocycles. The predicted octanol–water partition coefficient (Wildman–Crippen LogP) is 1.98. The zero-order valence-corrected chi connectivity index (χ0v) is 13.1. The number of aryl methyl sites for hydroxylation is 2. The summed E-state index contributed by atoms with van der Waals surface area (Å²) in [5, 5.41) is 4.34. The summed E-state index contributed by atoms with van der Waals surface area (Å²) >= 11 is 0. The Balaban J connectivity index is 1.76. The van der Waals surface area contributed by atoms with E-state index in [9.17, 15) is 4.79 Å². The minimum Gasteiger partial charge on any atom is -0.332 e. The molecular weight excluding hydrogens is 278 g/mol. The second-order valence-electron chi connectivity index (χ2n) is 5.93. The molecule has 1 fully saturated rings. The molecule has 0 saturated carbocycles. The van der Waals surface area contributed by atoms with E-state index in [1.165, 1.54) is 0 Å². The Morgan fingerprint density at radius 3 is 2.77 bits per heavy atom. The third-order valence-corrected chi connectivity index (χ3v) is 4.05. The average molecular weight is 299 g/mol. The van der Waals surface area contributed by atoms with Gasteiger partial charge in [0.1, 0.15) is 5.69 Å². The summed E-state index contributed by atoms with van der Waals surface area (Å²) in [5.41, 5.74) is 2.38. The quantitative estimate of drug-likeness (QED) is 0.869. The van der Waals surface area contributed by atoms with Crippen molar-refractivity contribution in [2.45, 2.75) is 45.7 Å². The van der Waals surface area contributed by atoms with Gasteiger partial charge in [-0.25, -0.2) is 4.98 Å². The molecule has 0 aliphatic carbocycles. The van der Waals surface area contributed by atoms with Crippen LogP contribution in [-0.4, -0.2) is 43.1 Å². The van der Waals surface area contributed by atoms with Crippen molar-refractivity contribution in [3.05, 3.63) is 41.7 Å². The van der Waals surface area contributed by atoms with E-state index in [2.05, 4.69) is 15.1 Å². The normalized spacial score (nSPS) is 18.5. The Labute approximate surface area is 130 Å². The number of amides is 1. The van der Waals surface area contributed by atoms with Crippen LogP contribution < -0.4 is 0 Å². The van der Waals surface area contributed by atoms with E-state index in [1.54, 1.807) is 12.4 Å². The van der Waals surface area contributed by atoms with Gasteiger partial charge < -0.3 is 4.90 Å². The summed E-state index contributed by atoms with van der Waals surface area (Å²) in [7, 11) is 0. The molecule has 0 spiro atoms. The second-order valence-corrected chi connectivity index (χ2v) is 5.93. The van der Waals surface area contributed by atoms with Gasteiger partial charge in [-0.05, 0) is 38.7 Å². The SMILES string of the molecule is Cc1cnn(C[C@H]2CCCCN2C(=O)c2cnc(C)cn2)c1. The maximum Gasteiger partial charge on any atom is 0.274 e. The number of likely N-dealkylation sites (tertiary alicyclic amines) is 1. The number of hydrogen-bond donors (Lipinski definition) is 0. The molecular formula is C16H21N5O. The highest BCUT2D eigenvalue weighted by molar-refractivity contribution is 5.92. The number of hydrogen-bond acceptors (Lipinski definition) is 4. The van der Waals surface area contributed by atoms with Crippen LogP contribution in [0.1, 0.15) is 41.0 Å². The van der Waals surface area contributed by atoms with Crippen LogP contribution in [0.5, 0.6) is 0 Å². The van der Waals surface area contributed by atoms with Crippen LogP contribution in [0, 0.1) is 13.8 Å². The fraction of sp³-hybridized carbons (Fsp3) is 0.500. The van der Waals surface area contributed by atoms with Gasteiger partial charge in [-0.15, -0.1) is 0 Å². The molecule has 0 unspecified atom stereocenters. The Kier molecular flexibility index (Phi) is 4.18. The first-order valence-electron chi connectivity index (χ1n) is 7.72. The monoisotopic (exact) mass is 299 g/mol. The highest BCUT2D eigenvalue weighted by Crippen LogP contribution is 2.20. The van der Waals surface area contributed by atoms with Crippen molar-refractivity contribution in [1.29, 1.82) is 0 Å². The van der Waals surface area contributed by atoms with Crippen LogP contribution in [-0.2, 0) is 6.54 Å². The summed E-state index contributed by atoms with van der Waals surface area (Å²) < 4.78 is 1.92. The van der Waals surface area contributed by atoms with Gasteiger partial charge in [0.2, 0.25) is 0 Å². The molecule has 1 aliphatic heterocycles. The number of carbonyl (C=O) groups is 1. The largest absolute Gasteiger partial charge is 0.332 e. The highest BCUT2D eigenvalue weighted by Gasteiger charge is 2.28. The first-order chi connectivity index (χ1) is 10.6. The molecule has 1 atom stereocenters. The lowest BCUT2D eigenvalue weighted by molar-refractivity contribution is 0.0577. The minimum atomic E-state index is -0.0268. The van der Waals surface area contributed by atoms with Crippen molar-refractivity contribution in [3.63, 3.8) is 0 Å². The molecule has 3 heterocycles. The maximum absolute atomic E-state index is 12.7. The van der Waals surface area contributed by atoms with Gasteiger partial charge in [0.15, 0.2) is 0 Å². The Morgan fingerprint density at radius 1 is 1.23 bits per heavy atom. The number of piperidine rings is 1. The van der Waals surface area contributed by atoms with E-state index in [-0.39, 0.29) is 11.9 Å². The van der Waals surface area contributed by atoms with E-state index in [4.69, 9.17) is 0 Å². The van der Waals surface area contributed by atoms with Gasteiger partial charge in [0.05, 0.1) is 30.7 Å². The molecule has 1 amide bonds. The summed E-state index contributed by atoms with van der Waals surface area (Å²) in [4.78, 5) is 23.0. The van der Waals surface area contributed by atoms with Crippen LogP contribution in [0.4, 0.5) is 0 Å². The first kappa shape index (κ1) is 14.7. The van der Waals surface area contributed by atoms with Gasteiger partial charge in [-0.3, -0.25) is 14.5 Å². The van der Waals surface area contributed by atoms with Crippen molar-refractivity contribution in [2.24, 2.45) is 0 Å². The lowest BCUT2D eigenvalue weighted by atomic mass is 10.0. The molecule has 2 aromatic heterocycles. The second kappa shape index (κ2) is 6.25. The van der Waals surface area contributed by atoms with E-state index >= 15 is 0 Å². The highest BCUT2D eigenvalue weighted by atomic mass is 16.2. The van der Waals surface area contributed by atoms with Gasteiger partial charge in [-0.2, -0.15) is 5.10 Å². The van der Waals surface area contributed by atoms with Crippen LogP contribution in [0.15, 0.2) is 24.8 Å². The number of aromatic nitrogens is 4. The smallest absolute Gasteiger partial charge is 0.274 e. The van der Waals surface area contributed by atoms with Crippen LogP contribution in [0.3, 0.4) is 0 Å². The third-order valence-electron chi connectivity index (χ3n) is 4.05. The van der Waals surface area contributed by atoms with Crippen LogP contribution >= 0.6 is 0 Å². The lowest BCUT2D eigenvalue weighted by Crippen LogP contribution is -2.46. The van der Waals surface area contributed by atoms with Crippen molar-refractivity contribution in [1.82, 2.24) is 24.6 Å². The van der Waals surface area contributed by atoms with Crippen molar-refractivity contribution < 1.29 is 4.79 Å². The van der Waals surface area contributed by atoms with Gasteiger partial charge in [0.25, 0.3) is 5.91 Å². The lowest BCUT2D eigenvalue weighted by Gasteiger charge is -2.35. The van der Waals surface area contributed by atoms with Gasteiger partial charge in [-0.1, -0.05) is 0 Å². The van der Waals surface area contributed by atoms with Crippen molar-refractivity contribution in [2.75, 3.05) is 6.54 Å². The van der Waals surface area contributed by atoms with Crippen LogP contribution in [0.2, 0.25) is 0 Å². The van der Waals surface area contributed by atoms with Gasteiger partial charge in [0, 0.05) is 18.9 Å². The Hall–Kier alpha value is -2.24. The molecule has 0 radical (unpaired) electrons. The molecule has 116 valence electrons. The molecule has 1 aliphatic rings. The topological polar surface area (TPSA) is 63.9 Å². The Morgan fingerprint density at radius 2 is 2.09 bits per heavy atom. The molecule has 22 heavy (non-hydrogen) atoms. The molecule has 6 heteroatoms. The summed E-state index contributed by atoms with van der Waals surface area (Å²) in [6, 6.07) is 0.170. The van der Waals surface area contributed by atoms with E-state index < -0.39 is 0 Å². The summed E-state index contributed by atoms with van der Waals surface area (Å²) in [5.74, 6) is -0.0268. The molecule has 0 bridgehead atoms. The molecule has 6 nitrogen and oxygen atoms in total. The summed E-state index contributed by atoms with van der Waals surface area (Å²) in [6.45, 7) is 5.40. The minimum absolute atomic E-state index is 0.0268. The first-order valence-corrected chi connectivity index (χ1v) is 7.72. The standard InChI is InChI=1S/C16H21N5O/c1-12-7-19-20(10-12)11-14-5-3-4-6-21(14)16(22)15-9-17-13(2)8-18-15/h7-10,14H,3-6,11H2,1-2H3/t14-/m1/s1. The Bertz CT molecular complexity index is 649.